The van der Waals surface area contributed by atoms with E-state index in [1.54, 1.807) is 13.2 Å². The summed E-state index contributed by atoms with van der Waals surface area (Å²) in [6.45, 7) is 3.81. The van der Waals surface area contributed by atoms with Crippen LogP contribution in [0.3, 0.4) is 0 Å². The van der Waals surface area contributed by atoms with Crippen LogP contribution in [0.1, 0.15) is 23.6 Å². The van der Waals surface area contributed by atoms with Gasteiger partial charge < -0.3 is 9.47 Å². The first kappa shape index (κ1) is 17.4. The Bertz CT molecular complexity index is 790. The molecule has 2 aromatic carbocycles. The molecular weight excluding hydrogens is 300 g/mol. The number of hydrogen-bond acceptors (Lipinski definition) is 3. The largest absolute Gasteiger partial charge is 0.497 e. The predicted octanol–water partition coefficient (Wildman–Crippen LogP) is 4.04. The molecule has 0 unspecified atom stereocenters. The molecule has 0 atom stereocenters. The van der Waals surface area contributed by atoms with Crippen molar-refractivity contribution in [3.05, 3.63) is 65.2 Å². The maximum atomic E-state index is 11.1. The zero-order chi connectivity index (χ0) is 17.4. The SMILES string of the molecule is COc1ccc(OCC#Cc2ccc(C)cc2)c(/C=C/C(C)=O)c1. The van der Waals surface area contributed by atoms with Gasteiger partial charge in [-0.2, -0.15) is 0 Å². The summed E-state index contributed by atoms with van der Waals surface area (Å²) in [6, 6.07) is 13.5. The molecular formula is C21H20O3. The molecule has 0 aliphatic rings. The normalized spacial score (nSPS) is 10.1. The molecule has 0 aliphatic heterocycles. The van der Waals surface area contributed by atoms with Crippen LogP contribution in [0.15, 0.2) is 48.5 Å². The average molecular weight is 320 g/mol. The zero-order valence-corrected chi connectivity index (χ0v) is 14.1. The first-order chi connectivity index (χ1) is 11.6. The van der Waals surface area contributed by atoms with E-state index in [0.717, 1.165) is 11.1 Å². The lowest BCUT2D eigenvalue weighted by molar-refractivity contribution is -0.112. The molecule has 0 heterocycles. The number of allylic oxidation sites excluding steroid dienone is 1. The van der Waals surface area contributed by atoms with E-state index in [2.05, 4.69) is 11.8 Å². The topological polar surface area (TPSA) is 35.5 Å². The fraction of sp³-hybridized carbons (Fsp3) is 0.190. The monoisotopic (exact) mass is 320 g/mol. The molecule has 0 saturated heterocycles. The van der Waals surface area contributed by atoms with Crippen molar-refractivity contribution in [1.82, 2.24) is 0 Å². The number of rotatable bonds is 5. The van der Waals surface area contributed by atoms with Gasteiger partial charge in [-0.05, 0) is 56.3 Å². The van der Waals surface area contributed by atoms with Gasteiger partial charge in [0.1, 0.15) is 18.1 Å². The van der Waals surface area contributed by atoms with Crippen molar-refractivity contribution in [1.29, 1.82) is 0 Å². The van der Waals surface area contributed by atoms with Crippen molar-refractivity contribution < 1.29 is 14.3 Å². The highest BCUT2D eigenvalue weighted by Crippen LogP contribution is 2.25. The molecule has 0 spiro atoms. The number of ketones is 1. The smallest absolute Gasteiger partial charge is 0.152 e. The molecule has 122 valence electrons. The second kappa shape index (κ2) is 8.59. The molecule has 0 bridgehead atoms. The Kier molecular flexibility index (Phi) is 6.22. The van der Waals surface area contributed by atoms with Crippen molar-refractivity contribution in [2.24, 2.45) is 0 Å². The number of methoxy groups -OCH3 is 1. The van der Waals surface area contributed by atoms with E-state index >= 15 is 0 Å². The fourth-order valence-electron chi connectivity index (χ4n) is 2.01. The lowest BCUT2D eigenvalue weighted by atomic mass is 10.1. The molecule has 3 nitrogen and oxygen atoms in total. The molecule has 0 N–H and O–H groups in total. The highest BCUT2D eigenvalue weighted by molar-refractivity contribution is 5.92. The molecule has 0 aromatic heterocycles. The van der Waals surface area contributed by atoms with Gasteiger partial charge >= 0.3 is 0 Å². The second-order valence-electron chi connectivity index (χ2n) is 5.30. The standard InChI is InChI=1S/C21H20O3/c1-16-6-9-18(10-7-16)5-4-14-24-21-13-12-20(23-3)15-19(21)11-8-17(2)22/h6-13,15H,14H2,1-3H3/b11-8+. The molecule has 3 heteroatoms. The molecule has 24 heavy (non-hydrogen) atoms. The van der Waals surface area contributed by atoms with Crippen LogP contribution in [0.5, 0.6) is 11.5 Å². The van der Waals surface area contributed by atoms with Crippen LogP contribution < -0.4 is 9.47 Å². The highest BCUT2D eigenvalue weighted by atomic mass is 16.5. The molecule has 0 saturated carbocycles. The zero-order valence-electron chi connectivity index (χ0n) is 14.1. The van der Waals surface area contributed by atoms with Gasteiger partial charge in [-0.1, -0.05) is 29.5 Å². The minimum atomic E-state index is -0.0251. The van der Waals surface area contributed by atoms with Gasteiger partial charge in [0.25, 0.3) is 0 Å². The Labute approximate surface area is 142 Å². The molecule has 0 amide bonds. The van der Waals surface area contributed by atoms with Crippen LogP contribution in [0.2, 0.25) is 0 Å². The van der Waals surface area contributed by atoms with Gasteiger partial charge in [-0.15, -0.1) is 0 Å². The fourth-order valence-corrected chi connectivity index (χ4v) is 2.01. The van der Waals surface area contributed by atoms with Crippen LogP contribution >= 0.6 is 0 Å². The Balaban J connectivity index is 2.09. The van der Waals surface area contributed by atoms with Crippen LogP contribution in [-0.4, -0.2) is 19.5 Å². The number of aryl methyl sites for hydroxylation is 1. The first-order valence-electron chi connectivity index (χ1n) is 7.63. The molecule has 0 radical (unpaired) electrons. The van der Waals surface area contributed by atoms with E-state index in [1.165, 1.54) is 18.6 Å². The van der Waals surface area contributed by atoms with Crippen molar-refractivity contribution in [2.75, 3.05) is 13.7 Å². The van der Waals surface area contributed by atoms with Crippen LogP contribution in [0.25, 0.3) is 6.08 Å². The second-order valence-corrected chi connectivity index (χ2v) is 5.30. The van der Waals surface area contributed by atoms with Crippen LogP contribution in [0.4, 0.5) is 0 Å². The number of carbonyl (C=O) groups excluding carboxylic acids is 1. The number of ether oxygens (including phenoxy) is 2. The third-order valence-corrected chi connectivity index (χ3v) is 3.30. The van der Waals surface area contributed by atoms with Gasteiger partial charge in [-0.25, -0.2) is 0 Å². The Morgan fingerprint density at radius 1 is 1.17 bits per heavy atom. The number of carbonyl (C=O) groups is 1. The van der Waals surface area contributed by atoms with Gasteiger partial charge in [0.15, 0.2) is 5.78 Å². The predicted molar refractivity (Wildman–Crippen MR) is 96.3 cm³/mol. The van der Waals surface area contributed by atoms with Crippen molar-refractivity contribution in [3.8, 4) is 23.3 Å². The van der Waals surface area contributed by atoms with Gasteiger partial charge in [0.2, 0.25) is 0 Å². The quantitative estimate of drug-likeness (QED) is 0.616. The van der Waals surface area contributed by atoms with E-state index in [1.807, 2.05) is 49.4 Å². The van der Waals surface area contributed by atoms with E-state index in [9.17, 15) is 4.79 Å². The maximum Gasteiger partial charge on any atom is 0.152 e. The summed E-state index contributed by atoms with van der Waals surface area (Å²) in [4.78, 5) is 11.1. The lowest BCUT2D eigenvalue weighted by Gasteiger charge is -2.08. The summed E-state index contributed by atoms with van der Waals surface area (Å²) >= 11 is 0. The van der Waals surface area contributed by atoms with Crippen molar-refractivity contribution in [3.63, 3.8) is 0 Å². The van der Waals surface area contributed by atoms with Crippen molar-refractivity contribution >= 4 is 11.9 Å². The average Bonchev–Trinajstić information content (AvgIpc) is 2.59. The van der Waals surface area contributed by atoms with Gasteiger partial charge in [-0.3, -0.25) is 4.79 Å². The van der Waals surface area contributed by atoms with E-state index < -0.39 is 0 Å². The Hall–Kier alpha value is -2.99. The molecule has 0 fully saturated rings. The molecule has 2 aromatic rings. The van der Waals surface area contributed by atoms with E-state index in [0.29, 0.717) is 11.5 Å². The molecule has 2 rings (SSSR count). The summed E-state index contributed by atoms with van der Waals surface area (Å²) in [6.07, 6.45) is 3.22. The van der Waals surface area contributed by atoms with E-state index in [4.69, 9.17) is 9.47 Å². The minimum Gasteiger partial charge on any atom is -0.497 e. The van der Waals surface area contributed by atoms with Crippen LogP contribution in [-0.2, 0) is 4.79 Å². The summed E-state index contributed by atoms with van der Waals surface area (Å²) in [5.41, 5.74) is 2.94. The first-order valence-corrected chi connectivity index (χ1v) is 7.63. The summed E-state index contributed by atoms with van der Waals surface area (Å²) in [5, 5.41) is 0. The highest BCUT2D eigenvalue weighted by Gasteiger charge is 2.03. The lowest BCUT2D eigenvalue weighted by Crippen LogP contribution is -1.97. The third kappa shape index (κ3) is 5.33. The number of benzene rings is 2. The Morgan fingerprint density at radius 3 is 2.58 bits per heavy atom. The van der Waals surface area contributed by atoms with Crippen LogP contribution in [0, 0.1) is 18.8 Å². The third-order valence-electron chi connectivity index (χ3n) is 3.30. The number of hydrogen-bond donors (Lipinski definition) is 0. The van der Waals surface area contributed by atoms with Gasteiger partial charge in [0.05, 0.1) is 7.11 Å². The molecule has 0 aliphatic carbocycles. The maximum absolute atomic E-state index is 11.1. The summed E-state index contributed by atoms with van der Waals surface area (Å²) < 4.78 is 10.9. The van der Waals surface area contributed by atoms with E-state index in [-0.39, 0.29) is 12.4 Å². The summed E-state index contributed by atoms with van der Waals surface area (Å²) in [7, 11) is 1.60. The minimum absolute atomic E-state index is 0.0251. The summed E-state index contributed by atoms with van der Waals surface area (Å²) in [5.74, 6) is 7.40. The Morgan fingerprint density at radius 2 is 1.92 bits per heavy atom. The van der Waals surface area contributed by atoms with Crippen molar-refractivity contribution in [2.45, 2.75) is 13.8 Å². The van der Waals surface area contributed by atoms with Gasteiger partial charge in [0, 0.05) is 11.1 Å².